The van der Waals surface area contributed by atoms with Gasteiger partial charge in [-0.1, -0.05) is 17.7 Å². The standard InChI is InChI=1S/C26H31ClN8O4/c1-19-29-31-35(30-19)17-21-14-23(27)4-2-20(21)3-5-24(36)32-8-6-26(38,7-9-32)18-34-16-22(15-28-34)25(37)33-10-12-39-13-11-33/h2-5,14-16,38H,6-13,17-18H2,1H3. The molecule has 2 aromatic heterocycles. The van der Waals surface area contributed by atoms with E-state index in [0.29, 0.717) is 75.2 Å². The van der Waals surface area contributed by atoms with Gasteiger partial charge in [0.15, 0.2) is 5.82 Å². The highest BCUT2D eigenvalue weighted by Gasteiger charge is 2.34. The molecule has 0 aliphatic carbocycles. The maximum absolute atomic E-state index is 12.9. The fourth-order valence-electron chi connectivity index (χ4n) is 4.80. The van der Waals surface area contributed by atoms with Gasteiger partial charge in [-0.25, -0.2) is 0 Å². The SMILES string of the molecule is Cc1nnn(Cc2cc(Cl)ccc2C=CC(=O)N2CCC(O)(Cn3cc(C(=O)N4CCOCC4)cn3)CC2)n1. The van der Waals surface area contributed by atoms with Crippen molar-refractivity contribution >= 4 is 29.5 Å². The van der Waals surface area contributed by atoms with Crippen LogP contribution in [0.15, 0.2) is 36.7 Å². The molecule has 0 bridgehead atoms. The van der Waals surface area contributed by atoms with E-state index >= 15 is 0 Å². The Balaban J connectivity index is 1.16. The van der Waals surface area contributed by atoms with Crippen LogP contribution in [0.3, 0.4) is 0 Å². The minimum atomic E-state index is -1.02. The first kappa shape index (κ1) is 27.0. The molecule has 2 amide bonds. The molecule has 12 nitrogen and oxygen atoms in total. The van der Waals surface area contributed by atoms with Gasteiger partial charge in [-0.3, -0.25) is 14.3 Å². The number of nitrogens with zero attached hydrogens (tertiary/aromatic N) is 8. The summed E-state index contributed by atoms with van der Waals surface area (Å²) in [6.07, 6.45) is 7.32. The van der Waals surface area contributed by atoms with Crippen molar-refractivity contribution in [3.05, 3.63) is 64.2 Å². The maximum Gasteiger partial charge on any atom is 0.257 e. The molecule has 0 radical (unpaired) electrons. The first-order valence-corrected chi connectivity index (χ1v) is 13.3. The lowest BCUT2D eigenvalue weighted by Gasteiger charge is -2.37. The third-order valence-corrected chi connectivity index (χ3v) is 7.25. The molecule has 1 aromatic carbocycles. The molecule has 2 saturated heterocycles. The van der Waals surface area contributed by atoms with E-state index in [1.54, 1.807) is 39.7 Å². The highest BCUT2D eigenvalue weighted by atomic mass is 35.5. The second-order valence-electron chi connectivity index (χ2n) is 9.92. The first-order valence-electron chi connectivity index (χ1n) is 12.9. The van der Waals surface area contributed by atoms with Crippen molar-refractivity contribution in [3.8, 4) is 0 Å². The van der Waals surface area contributed by atoms with Crippen LogP contribution >= 0.6 is 11.6 Å². The van der Waals surface area contributed by atoms with Crippen molar-refractivity contribution in [2.24, 2.45) is 0 Å². The van der Waals surface area contributed by atoms with Gasteiger partial charge in [0.25, 0.3) is 5.91 Å². The fraction of sp³-hybridized carbons (Fsp3) is 0.462. The molecule has 2 aliphatic heterocycles. The quantitative estimate of drug-likeness (QED) is 0.434. The van der Waals surface area contributed by atoms with Gasteiger partial charge < -0.3 is 19.6 Å². The number of hydrogen-bond acceptors (Lipinski definition) is 8. The van der Waals surface area contributed by atoms with E-state index in [4.69, 9.17) is 16.3 Å². The molecule has 5 rings (SSSR count). The van der Waals surface area contributed by atoms with Crippen LogP contribution in [0.5, 0.6) is 0 Å². The largest absolute Gasteiger partial charge is 0.388 e. The van der Waals surface area contributed by atoms with Crippen LogP contribution in [-0.2, 0) is 22.6 Å². The molecule has 0 saturated carbocycles. The summed E-state index contributed by atoms with van der Waals surface area (Å²) < 4.78 is 6.92. The Bertz CT molecular complexity index is 1360. The minimum Gasteiger partial charge on any atom is -0.388 e. The number of morpholine rings is 1. The number of carbonyl (C=O) groups is 2. The van der Waals surface area contributed by atoms with Gasteiger partial charge in [-0.15, -0.1) is 10.2 Å². The van der Waals surface area contributed by atoms with Crippen LogP contribution in [-0.4, -0.2) is 102 Å². The van der Waals surface area contributed by atoms with Crippen molar-refractivity contribution in [2.75, 3.05) is 39.4 Å². The average molecular weight is 555 g/mol. The van der Waals surface area contributed by atoms with E-state index < -0.39 is 5.60 Å². The van der Waals surface area contributed by atoms with Crippen molar-refractivity contribution in [1.29, 1.82) is 0 Å². The molecule has 3 aromatic rings. The summed E-state index contributed by atoms with van der Waals surface area (Å²) in [7, 11) is 0. The minimum absolute atomic E-state index is 0.0831. The van der Waals surface area contributed by atoms with Crippen molar-refractivity contribution < 1.29 is 19.4 Å². The van der Waals surface area contributed by atoms with Gasteiger partial charge in [0.2, 0.25) is 5.91 Å². The smallest absolute Gasteiger partial charge is 0.257 e. The van der Waals surface area contributed by atoms with Crippen molar-refractivity contribution in [3.63, 3.8) is 0 Å². The number of carbonyl (C=O) groups excluding carboxylic acids is 2. The Morgan fingerprint density at radius 3 is 2.64 bits per heavy atom. The Morgan fingerprint density at radius 2 is 1.92 bits per heavy atom. The summed E-state index contributed by atoms with van der Waals surface area (Å²) in [6.45, 7) is 5.40. The van der Waals surface area contributed by atoms with E-state index in [1.165, 1.54) is 17.1 Å². The second-order valence-corrected chi connectivity index (χ2v) is 10.4. The number of likely N-dealkylation sites (tertiary alicyclic amines) is 1. The molecule has 39 heavy (non-hydrogen) atoms. The molecule has 13 heteroatoms. The number of benzene rings is 1. The molecule has 0 spiro atoms. The van der Waals surface area contributed by atoms with Gasteiger partial charge >= 0.3 is 0 Å². The molecule has 206 valence electrons. The van der Waals surface area contributed by atoms with E-state index in [1.807, 2.05) is 12.1 Å². The molecule has 0 atom stereocenters. The zero-order valence-corrected chi connectivity index (χ0v) is 22.5. The maximum atomic E-state index is 12.9. The lowest BCUT2D eigenvalue weighted by molar-refractivity contribution is -0.130. The third-order valence-electron chi connectivity index (χ3n) is 7.02. The van der Waals surface area contributed by atoms with Crippen LogP contribution in [0.2, 0.25) is 5.02 Å². The molecule has 1 N–H and O–H groups in total. The van der Waals surface area contributed by atoms with Gasteiger partial charge in [-0.2, -0.15) is 9.90 Å². The van der Waals surface area contributed by atoms with E-state index in [-0.39, 0.29) is 18.4 Å². The normalized spacial score (nSPS) is 17.6. The topological polar surface area (TPSA) is 132 Å². The van der Waals surface area contributed by atoms with Crippen LogP contribution in [0, 0.1) is 6.92 Å². The number of rotatable bonds is 7. The highest BCUT2D eigenvalue weighted by molar-refractivity contribution is 6.30. The summed E-state index contributed by atoms with van der Waals surface area (Å²) in [5.74, 6) is 0.356. The van der Waals surface area contributed by atoms with Gasteiger partial charge in [0, 0.05) is 43.5 Å². The Labute approximate surface area is 230 Å². The lowest BCUT2D eigenvalue weighted by atomic mass is 9.91. The molecule has 2 fully saturated rings. The number of piperidine rings is 1. The fourth-order valence-corrected chi connectivity index (χ4v) is 4.99. The van der Waals surface area contributed by atoms with E-state index in [0.717, 1.165) is 11.1 Å². The van der Waals surface area contributed by atoms with Gasteiger partial charge in [0.05, 0.1) is 43.7 Å². The van der Waals surface area contributed by atoms with Crippen LogP contribution < -0.4 is 0 Å². The monoisotopic (exact) mass is 554 g/mol. The van der Waals surface area contributed by atoms with Crippen molar-refractivity contribution in [1.82, 2.24) is 39.8 Å². The Morgan fingerprint density at radius 1 is 1.15 bits per heavy atom. The van der Waals surface area contributed by atoms with E-state index in [9.17, 15) is 14.7 Å². The van der Waals surface area contributed by atoms with E-state index in [2.05, 4.69) is 20.5 Å². The summed E-state index contributed by atoms with van der Waals surface area (Å²) in [5.41, 5.74) is 1.17. The number of ether oxygens (including phenoxy) is 1. The van der Waals surface area contributed by atoms with Crippen LogP contribution in [0.25, 0.3) is 6.08 Å². The number of amides is 2. The lowest BCUT2D eigenvalue weighted by Crippen LogP contribution is -2.48. The molecule has 4 heterocycles. The third kappa shape index (κ3) is 6.70. The zero-order chi connectivity index (χ0) is 27.4. The predicted octanol–water partition coefficient (Wildman–Crippen LogP) is 1.42. The van der Waals surface area contributed by atoms with Gasteiger partial charge in [0.1, 0.15) is 0 Å². The van der Waals surface area contributed by atoms with Crippen LogP contribution in [0.4, 0.5) is 0 Å². The molecule has 2 aliphatic rings. The molecular weight excluding hydrogens is 524 g/mol. The number of tetrazole rings is 1. The number of aryl methyl sites for hydroxylation is 1. The highest BCUT2D eigenvalue weighted by Crippen LogP contribution is 2.25. The van der Waals surface area contributed by atoms with Gasteiger partial charge in [-0.05, 0) is 54.3 Å². The number of aliphatic hydroxyl groups is 1. The van der Waals surface area contributed by atoms with Crippen molar-refractivity contribution in [2.45, 2.75) is 38.5 Å². The number of aromatic nitrogens is 6. The molecule has 0 unspecified atom stereocenters. The number of halogens is 1. The van der Waals surface area contributed by atoms with Crippen LogP contribution in [0.1, 0.15) is 40.2 Å². The average Bonchev–Trinajstić information content (AvgIpc) is 3.56. The summed E-state index contributed by atoms with van der Waals surface area (Å²) in [5, 5.41) is 28.2. The summed E-state index contributed by atoms with van der Waals surface area (Å²) in [4.78, 5) is 30.6. The second kappa shape index (κ2) is 11.6. The Hall–Kier alpha value is -3.61. The Kier molecular flexibility index (Phi) is 8.05. The number of hydrogen-bond donors (Lipinski definition) is 1. The first-order chi connectivity index (χ1) is 18.8. The summed E-state index contributed by atoms with van der Waals surface area (Å²) >= 11 is 6.19. The zero-order valence-electron chi connectivity index (χ0n) is 21.7. The summed E-state index contributed by atoms with van der Waals surface area (Å²) in [6, 6.07) is 5.44. The predicted molar refractivity (Wildman–Crippen MR) is 142 cm³/mol. The molecular formula is C26H31ClN8O4.